The number of carbonyl (C=O) groups is 2. The zero-order chi connectivity index (χ0) is 25.3. The molecule has 0 bridgehead atoms. The van der Waals surface area contributed by atoms with E-state index in [-0.39, 0.29) is 11.3 Å². The SMILES string of the molecule is Cc1ccc(N2C(=O)C(=O)/C(=C(/O)c3cccc(OCC(C)C)c3)C2c2ccc(Cl)cc2)cc1Cl. The molecule has 0 saturated carbocycles. The van der Waals surface area contributed by atoms with Crippen molar-refractivity contribution in [1.29, 1.82) is 0 Å². The van der Waals surface area contributed by atoms with E-state index in [0.29, 0.717) is 45.1 Å². The van der Waals surface area contributed by atoms with Gasteiger partial charge in [0.25, 0.3) is 11.7 Å². The predicted octanol–water partition coefficient (Wildman–Crippen LogP) is 6.96. The first-order valence-electron chi connectivity index (χ1n) is 11.2. The van der Waals surface area contributed by atoms with Gasteiger partial charge in [-0.25, -0.2) is 0 Å². The number of ether oxygens (including phenoxy) is 1. The lowest BCUT2D eigenvalue weighted by molar-refractivity contribution is -0.132. The smallest absolute Gasteiger partial charge is 0.300 e. The first kappa shape index (κ1) is 24.8. The molecular weight excluding hydrogens is 485 g/mol. The Morgan fingerprint density at radius 1 is 1.03 bits per heavy atom. The predicted molar refractivity (Wildman–Crippen MR) is 139 cm³/mol. The van der Waals surface area contributed by atoms with E-state index >= 15 is 0 Å². The number of aryl methyl sites for hydroxylation is 1. The normalized spacial score (nSPS) is 17.3. The maximum atomic E-state index is 13.3. The van der Waals surface area contributed by atoms with E-state index in [9.17, 15) is 14.7 Å². The van der Waals surface area contributed by atoms with Crippen LogP contribution >= 0.6 is 23.2 Å². The fourth-order valence-electron chi connectivity index (χ4n) is 3.94. The van der Waals surface area contributed by atoms with Gasteiger partial charge in [0.2, 0.25) is 0 Å². The Bertz CT molecular complexity index is 1310. The Labute approximate surface area is 214 Å². The Morgan fingerprint density at radius 3 is 2.40 bits per heavy atom. The van der Waals surface area contributed by atoms with Gasteiger partial charge >= 0.3 is 0 Å². The standard InChI is InChI=1S/C28H25Cl2NO4/c1-16(2)15-35-22-6-4-5-19(13-22)26(32)24-25(18-8-10-20(29)11-9-18)31(28(34)27(24)33)21-12-7-17(3)23(30)14-21/h4-14,16,25,32H,15H2,1-3H3/b26-24+. The van der Waals surface area contributed by atoms with Crippen LogP contribution < -0.4 is 9.64 Å². The van der Waals surface area contributed by atoms with Crippen molar-refractivity contribution in [1.82, 2.24) is 0 Å². The van der Waals surface area contributed by atoms with Crippen LogP contribution in [0, 0.1) is 12.8 Å². The molecule has 0 aromatic heterocycles. The number of aliphatic hydroxyl groups is 1. The molecule has 35 heavy (non-hydrogen) atoms. The molecule has 1 amide bonds. The summed E-state index contributed by atoms with van der Waals surface area (Å²) < 4.78 is 5.78. The van der Waals surface area contributed by atoms with Gasteiger partial charge in [-0.05, 0) is 60.4 Å². The van der Waals surface area contributed by atoms with E-state index in [0.717, 1.165) is 5.56 Å². The molecule has 1 heterocycles. The molecule has 1 unspecified atom stereocenters. The summed E-state index contributed by atoms with van der Waals surface area (Å²) in [4.78, 5) is 28.0. The molecule has 5 nitrogen and oxygen atoms in total. The first-order valence-corrected chi connectivity index (χ1v) is 12.0. The highest BCUT2D eigenvalue weighted by atomic mass is 35.5. The van der Waals surface area contributed by atoms with Gasteiger partial charge in [0, 0.05) is 21.3 Å². The number of hydrogen-bond donors (Lipinski definition) is 1. The summed E-state index contributed by atoms with van der Waals surface area (Å²) in [5, 5.41) is 12.3. The molecule has 1 aliphatic heterocycles. The third-order valence-electron chi connectivity index (χ3n) is 5.75. The average Bonchev–Trinajstić information content (AvgIpc) is 3.10. The van der Waals surface area contributed by atoms with Crippen LogP contribution in [0.25, 0.3) is 5.76 Å². The van der Waals surface area contributed by atoms with Gasteiger partial charge in [-0.1, -0.05) is 67.4 Å². The monoisotopic (exact) mass is 509 g/mol. The summed E-state index contributed by atoms with van der Waals surface area (Å²) in [6.07, 6.45) is 0. The van der Waals surface area contributed by atoms with E-state index in [2.05, 4.69) is 0 Å². The molecule has 7 heteroatoms. The Hall–Kier alpha value is -3.28. The van der Waals surface area contributed by atoms with E-state index in [1.54, 1.807) is 66.7 Å². The van der Waals surface area contributed by atoms with Crippen LogP contribution in [-0.4, -0.2) is 23.4 Å². The summed E-state index contributed by atoms with van der Waals surface area (Å²) in [5.41, 5.74) is 2.28. The number of ketones is 1. The summed E-state index contributed by atoms with van der Waals surface area (Å²) in [7, 11) is 0. The highest BCUT2D eigenvalue weighted by Crippen LogP contribution is 2.43. The number of hydrogen-bond acceptors (Lipinski definition) is 4. The van der Waals surface area contributed by atoms with Gasteiger partial charge in [-0.15, -0.1) is 0 Å². The first-order chi connectivity index (χ1) is 16.7. The number of benzene rings is 3. The molecule has 3 aromatic carbocycles. The van der Waals surface area contributed by atoms with Crippen molar-refractivity contribution in [3.05, 3.63) is 99.0 Å². The number of rotatable bonds is 6. The van der Waals surface area contributed by atoms with Crippen LogP contribution in [0.5, 0.6) is 5.75 Å². The second-order valence-electron chi connectivity index (χ2n) is 8.89. The van der Waals surface area contributed by atoms with Crippen molar-refractivity contribution < 1.29 is 19.4 Å². The molecule has 1 saturated heterocycles. The van der Waals surface area contributed by atoms with E-state index in [1.165, 1.54) is 4.90 Å². The molecule has 1 aliphatic rings. The van der Waals surface area contributed by atoms with Crippen molar-refractivity contribution in [2.24, 2.45) is 5.92 Å². The minimum Gasteiger partial charge on any atom is -0.507 e. The molecule has 1 N–H and O–H groups in total. The van der Waals surface area contributed by atoms with E-state index < -0.39 is 17.7 Å². The van der Waals surface area contributed by atoms with Crippen molar-refractivity contribution in [3.8, 4) is 5.75 Å². The number of nitrogens with zero attached hydrogens (tertiary/aromatic N) is 1. The molecule has 1 fully saturated rings. The molecule has 3 aromatic rings. The molecule has 1 atom stereocenters. The Morgan fingerprint density at radius 2 is 1.74 bits per heavy atom. The maximum Gasteiger partial charge on any atom is 0.300 e. The second kappa shape index (κ2) is 10.1. The minimum absolute atomic E-state index is 0.0185. The zero-order valence-corrected chi connectivity index (χ0v) is 21.1. The van der Waals surface area contributed by atoms with Crippen LogP contribution in [0.15, 0.2) is 72.3 Å². The summed E-state index contributed by atoms with van der Waals surface area (Å²) in [6, 6.07) is 18.0. The highest BCUT2D eigenvalue weighted by Gasteiger charge is 2.47. The quantitative estimate of drug-likeness (QED) is 0.221. The van der Waals surface area contributed by atoms with E-state index in [4.69, 9.17) is 27.9 Å². The number of amides is 1. The van der Waals surface area contributed by atoms with Gasteiger partial charge in [-0.3, -0.25) is 14.5 Å². The van der Waals surface area contributed by atoms with Crippen molar-refractivity contribution in [2.45, 2.75) is 26.8 Å². The average molecular weight is 510 g/mol. The Kier molecular flexibility index (Phi) is 7.20. The van der Waals surface area contributed by atoms with Gasteiger partial charge in [0.05, 0.1) is 18.2 Å². The number of anilines is 1. The lowest BCUT2D eigenvalue weighted by Gasteiger charge is -2.26. The van der Waals surface area contributed by atoms with Crippen LogP contribution in [0.2, 0.25) is 10.0 Å². The van der Waals surface area contributed by atoms with Crippen LogP contribution in [-0.2, 0) is 9.59 Å². The molecule has 0 radical (unpaired) electrons. The maximum absolute atomic E-state index is 13.3. The van der Waals surface area contributed by atoms with Crippen LogP contribution in [0.3, 0.4) is 0 Å². The van der Waals surface area contributed by atoms with Gasteiger partial charge in [-0.2, -0.15) is 0 Å². The van der Waals surface area contributed by atoms with Gasteiger partial charge in [0.1, 0.15) is 11.5 Å². The zero-order valence-electron chi connectivity index (χ0n) is 19.6. The minimum atomic E-state index is -0.869. The third kappa shape index (κ3) is 5.07. The summed E-state index contributed by atoms with van der Waals surface area (Å²) in [6.45, 7) is 6.43. The molecule has 0 spiro atoms. The largest absolute Gasteiger partial charge is 0.507 e. The van der Waals surface area contributed by atoms with Crippen molar-refractivity contribution in [2.75, 3.05) is 11.5 Å². The second-order valence-corrected chi connectivity index (χ2v) is 9.73. The van der Waals surface area contributed by atoms with Gasteiger partial charge in [0.15, 0.2) is 0 Å². The van der Waals surface area contributed by atoms with Crippen LogP contribution in [0.4, 0.5) is 5.69 Å². The Balaban J connectivity index is 1.87. The van der Waals surface area contributed by atoms with Gasteiger partial charge < -0.3 is 9.84 Å². The lowest BCUT2D eigenvalue weighted by atomic mass is 9.95. The molecule has 0 aliphatic carbocycles. The lowest BCUT2D eigenvalue weighted by Crippen LogP contribution is -2.29. The summed E-state index contributed by atoms with van der Waals surface area (Å²) in [5.74, 6) is -0.931. The molecule has 4 rings (SSSR count). The number of halogens is 2. The number of Topliss-reactive ketones (excluding diaryl/α,β-unsaturated/α-hetero) is 1. The summed E-state index contributed by atoms with van der Waals surface area (Å²) >= 11 is 12.4. The fraction of sp³-hybridized carbons (Fsp3) is 0.214. The number of aliphatic hydroxyl groups excluding tert-OH is 1. The number of carbonyl (C=O) groups excluding carboxylic acids is 2. The van der Waals surface area contributed by atoms with Crippen molar-refractivity contribution in [3.63, 3.8) is 0 Å². The van der Waals surface area contributed by atoms with Crippen molar-refractivity contribution >= 4 is 46.3 Å². The molecule has 180 valence electrons. The highest BCUT2D eigenvalue weighted by molar-refractivity contribution is 6.51. The van der Waals surface area contributed by atoms with Crippen LogP contribution in [0.1, 0.15) is 36.6 Å². The fourth-order valence-corrected chi connectivity index (χ4v) is 4.24. The third-order valence-corrected chi connectivity index (χ3v) is 6.41. The van der Waals surface area contributed by atoms with E-state index in [1.807, 2.05) is 20.8 Å². The topological polar surface area (TPSA) is 66.8 Å². The molecular formula is C28H25Cl2NO4.